The zero-order chi connectivity index (χ0) is 17.2. The molecule has 1 fully saturated rings. The van der Waals surface area contributed by atoms with Gasteiger partial charge in [0.1, 0.15) is 0 Å². The minimum Gasteiger partial charge on any atom is -0.305 e. The number of amides is 2. The van der Waals surface area contributed by atoms with Gasteiger partial charge in [-0.1, -0.05) is 18.2 Å². The number of carbonyl (C=O) groups excluding carboxylic acids is 1. The van der Waals surface area contributed by atoms with Crippen LogP contribution in [0.25, 0.3) is 5.69 Å². The Kier molecular flexibility index (Phi) is 3.97. The molecule has 1 aliphatic carbocycles. The van der Waals surface area contributed by atoms with Gasteiger partial charge in [0.05, 0.1) is 41.2 Å². The van der Waals surface area contributed by atoms with E-state index >= 15 is 0 Å². The van der Waals surface area contributed by atoms with E-state index in [0.717, 1.165) is 24.2 Å². The van der Waals surface area contributed by atoms with Crippen LogP contribution in [0.3, 0.4) is 0 Å². The second kappa shape index (κ2) is 6.43. The monoisotopic (exact) mass is 336 g/mol. The van der Waals surface area contributed by atoms with Gasteiger partial charge < -0.3 is 10.6 Å². The first-order valence-corrected chi connectivity index (χ1v) is 8.43. The standard InChI is InChI=1S/C18H20N6O/c1-13-17(11-20-24(13)16-6-3-2-4-7-16)22-18(25)21-14-10-19-23(12-14)15-8-5-9-15/h2-4,6-7,10-12,15H,5,8-9H2,1H3,(H2,21,22,25). The summed E-state index contributed by atoms with van der Waals surface area (Å²) >= 11 is 0. The number of urea groups is 1. The molecule has 0 aliphatic heterocycles. The van der Waals surface area contributed by atoms with Crippen LogP contribution < -0.4 is 10.6 Å². The molecule has 4 rings (SSSR count). The molecule has 7 nitrogen and oxygen atoms in total. The number of anilines is 2. The molecular weight excluding hydrogens is 316 g/mol. The molecule has 1 saturated carbocycles. The molecule has 0 unspecified atom stereocenters. The highest BCUT2D eigenvalue weighted by atomic mass is 16.2. The summed E-state index contributed by atoms with van der Waals surface area (Å²) in [5.41, 5.74) is 3.19. The number of aromatic nitrogens is 4. The molecule has 0 saturated heterocycles. The number of hydrogen-bond donors (Lipinski definition) is 2. The second-order valence-corrected chi connectivity index (χ2v) is 6.26. The Morgan fingerprint density at radius 1 is 1.12 bits per heavy atom. The number of rotatable bonds is 4. The average molecular weight is 336 g/mol. The average Bonchev–Trinajstić information content (AvgIpc) is 3.14. The van der Waals surface area contributed by atoms with Gasteiger partial charge in [-0.3, -0.25) is 4.68 Å². The van der Waals surface area contributed by atoms with Crippen LogP contribution in [0.1, 0.15) is 31.0 Å². The van der Waals surface area contributed by atoms with Crippen LogP contribution in [-0.4, -0.2) is 25.6 Å². The molecule has 25 heavy (non-hydrogen) atoms. The van der Waals surface area contributed by atoms with Gasteiger partial charge in [-0.15, -0.1) is 0 Å². The van der Waals surface area contributed by atoms with Crippen molar-refractivity contribution in [2.45, 2.75) is 32.2 Å². The highest BCUT2D eigenvalue weighted by Gasteiger charge is 2.20. The highest BCUT2D eigenvalue weighted by molar-refractivity contribution is 5.99. The molecule has 128 valence electrons. The summed E-state index contributed by atoms with van der Waals surface area (Å²) in [6, 6.07) is 9.98. The molecule has 0 spiro atoms. The van der Waals surface area contributed by atoms with E-state index in [2.05, 4.69) is 20.8 Å². The van der Waals surface area contributed by atoms with Gasteiger partial charge in [-0.2, -0.15) is 10.2 Å². The third-order valence-electron chi connectivity index (χ3n) is 4.57. The van der Waals surface area contributed by atoms with Crippen LogP contribution in [0.2, 0.25) is 0 Å². The fourth-order valence-corrected chi connectivity index (χ4v) is 2.90. The molecule has 2 aromatic heterocycles. The SMILES string of the molecule is Cc1c(NC(=O)Nc2cnn(C3CCC3)c2)cnn1-c1ccccc1. The summed E-state index contributed by atoms with van der Waals surface area (Å²) in [4.78, 5) is 12.2. The zero-order valence-corrected chi connectivity index (χ0v) is 14.0. The van der Waals surface area contributed by atoms with Crippen LogP contribution in [0.5, 0.6) is 0 Å². The van der Waals surface area contributed by atoms with E-state index in [1.807, 2.05) is 48.1 Å². The lowest BCUT2D eigenvalue weighted by Gasteiger charge is -2.25. The van der Waals surface area contributed by atoms with Gasteiger partial charge in [0.25, 0.3) is 0 Å². The summed E-state index contributed by atoms with van der Waals surface area (Å²) in [5, 5.41) is 14.3. The predicted molar refractivity (Wildman–Crippen MR) is 96.1 cm³/mol. The maximum atomic E-state index is 12.2. The van der Waals surface area contributed by atoms with Crippen molar-refractivity contribution >= 4 is 17.4 Å². The number of benzene rings is 1. The Balaban J connectivity index is 1.42. The highest BCUT2D eigenvalue weighted by Crippen LogP contribution is 2.31. The predicted octanol–water partition coefficient (Wildman–Crippen LogP) is 3.75. The molecule has 2 amide bonds. The Morgan fingerprint density at radius 3 is 2.64 bits per heavy atom. The summed E-state index contributed by atoms with van der Waals surface area (Å²) < 4.78 is 3.72. The molecule has 3 aromatic rings. The Morgan fingerprint density at radius 2 is 1.92 bits per heavy atom. The molecule has 1 aliphatic rings. The number of hydrogen-bond acceptors (Lipinski definition) is 3. The first kappa shape index (κ1) is 15.4. The lowest BCUT2D eigenvalue weighted by Crippen LogP contribution is -2.20. The van der Waals surface area contributed by atoms with Gasteiger partial charge in [0.2, 0.25) is 0 Å². The summed E-state index contributed by atoms with van der Waals surface area (Å²) in [7, 11) is 0. The van der Waals surface area contributed by atoms with Crippen molar-refractivity contribution in [1.82, 2.24) is 19.6 Å². The van der Waals surface area contributed by atoms with E-state index in [-0.39, 0.29) is 6.03 Å². The van der Waals surface area contributed by atoms with Gasteiger partial charge in [0, 0.05) is 6.20 Å². The summed E-state index contributed by atoms with van der Waals surface area (Å²) in [6.45, 7) is 1.92. The molecule has 1 aromatic carbocycles. The van der Waals surface area contributed by atoms with Crippen molar-refractivity contribution in [2.75, 3.05) is 10.6 Å². The van der Waals surface area contributed by atoms with Crippen molar-refractivity contribution in [2.24, 2.45) is 0 Å². The molecule has 0 radical (unpaired) electrons. The molecule has 7 heteroatoms. The minimum absolute atomic E-state index is 0.302. The van der Waals surface area contributed by atoms with Crippen molar-refractivity contribution < 1.29 is 4.79 Å². The Labute approximate surface area is 145 Å². The second-order valence-electron chi connectivity index (χ2n) is 6.26. The third-order valence-corrected chi connectivity index (χ3v) is 4.57. The molecule has 2 N–H and O–H groups in total. The number of carbonyl (C=O) groups is 1. The van der Waals surface area contributed by atoms with E-state index in [0.29, 0.717) is 17.4 Å². The minimum atomic E-state index is -0.302. The van der Waals surface area contributed by atoms with Gasteiger partial charge in [0.15, 0.2) is 0 Å². The van der Waals surface area contributed by atoms with Gasteiger partial charge in [-0.05, 0) is 38.3 Å². The van der Waals surface area contributed by atoms with Crippen LogP contribution >= 0.6 is 0 Å². The summed E-state index contributed by atoms with van der Waals surface area (Å²) in [5.74, 6) is 0. The molecule has 0 atom stereocenters. The number of nitrogens with one attached hydrogen (secondary N) is 2. The normalized spacial score (nSPS) is 14.1. The lowest BCUT2D eigenvalue weighted by atomic mass is 9.93. The van der Waals surface area contributed by atoms with E-state index in [9.17, 15) is 4.79 Å². The number of nitrogens with zero attached hydrogens (tertiary/aromatic N) is 4. The van der Waals surface area contributed by atoms with Gasteiger partial charge >= 0.3 is 6.03 Å². The first-order chi connectivity index (χ1) is 12.2. The van der Waals surface area contributed by atoms with Crippen LogP contribution in [0.4, 0.5) is 16.2 Å². The van der Waals surface area contributed by atoms with Crippen molar-refractivity contribution in [1.29, 1.82) is 0 Å². The molecule has 0 bridgehead atoms. The van der Waals surface area contributed by atoms with Crippen LogP contribution in [0.15, 0.2) is 48.9 Å². The van der Waals surface area contributed by atoms with Crippen molar-refractivity contribution in [3.8, 4) is 5.69 Å². The first-order valence-electron chi connectivity index (χ1n) is 8.43. The van der Waals surface area contributed by atoms with E-state index in [1.54, 1.807) is 17.1 Å². The molecule has 2 heterocycles. The maximum absolute atomic E-state index is 12.2. The lowest BCUT2D eigenvalue weighted by molar-refractivity contribution is 0.262. The summed E-state index contributed by atoms with van der Waals surface area (Å²) in [6.07, 6.45) is 8.77. The van der Waals surface area contributed by atoms with E-state index < -0.39 is 0 Å². The van der Waals surface area contributed by atoms with Crippen molar-refractivity contribution in [3.63, 3.8) is 0 Å². The topological polar surface area (TPSA) is 76.8 Å². The Bertz CT molecular complexity index is 878. The third kappa shape index (κ3) is 3.13. The van der Waals surface area contributed by atoms with Crippen LogP contribution in [0, 0.1) is 6.92 Å². The van der Waals surface area contributed by atoms with Gasteiger partial charge in [-0.25, -0.2) is 9.48 Å². The smallest absolute Gasteiger partial charge is 0.305 e. The van der Waals surface area contributed by atoms with E-state index in [4.69, 9.17) is 0 Å². The Hall–Kier alpha value is -3.09. The quantitative estimate of drug-likeness (QED) is 0.762. The number of para-hydroxylation sites is 1. The largest absolute Gasteiger partial charge is 0.323 e. The van der Waals surface area contributed by atoms with Crippen LogP contribution in [-0.2, 0) is 0 Å². The zero-order valence-electron chi connectivity index (χ0n) is 14.0. The molecular formula is C18H20N6O. The van der Waals surface area contributed by atoms with E-state index in [1.165, 1.54) is 6.42 Å². The maximum Gasteiger partial charge on any atom is 0.323 e. The fraction of sp³-hybridized carbons (Fsp3) is 0.278. The fourth-order valence-electron chi connectivity index (χ4n) is 2.90. The van der Waals surface area contributed by atoms with Crippen molar-refractivity contribution in [3.05, 3.63) is 54.6 Å².